The Bertz CT molecular complexity index is 470. The number of benzene rings is 1. The molecular weight excluding hydrogens is 251 g/mol. The molecule has 1 aromatic rings. The highest BCUT2D eigenvalue weighted by molar-refractivity contribution is 5.51. The standard InChI is InChI=1S/C17H25FN2/c1-12(19)14-8-9-17(15(18)11-14)20-10-4-6-13-5-2-3-7-16(13)20/h8-9,11-13,16H,2-7,10,19H2,1H3/t12-,13+,16+/m0/s1. The highest BCUT2D eigenvalue weighted by atomic mass is 19.1. The summed E-state index contributed by atoms with van der Waals surface area (Å²) < 4.78 is 14.5. The Hall–Kier alpha value is -1.09. The van der Waals surface area contributed by atoms with Crippen LogP contribution < -0.4 is 10.6 Å². The van der Waals surface area contributed by atoms with Crippen LogP contribution in [0, 0.1) is 11.7 Å². The first-order valence-electron chi connectivity index (χ1n) is 7.98. The Morgan fingerprint density at radius 3 is 2.70 bits per heavy atom. The maximum atomic E-state index is 14.5. The number of fused-ring (bicyclic) bond motifs is 1. The van der Waals surface area contributed by atoms with Gasteiger partial charge in [0, 0.05) is 18.6 Å². The predicted octanol–water partition coefficient (Wildman–Crippen LogP) is 4.00. The summed E-state index contributed by atoms with van der Waals surface area (Å²) in [5.41, 5.74) is 7.50. The lowest BCUT2D eigenvalue weighted by atomic mass is 9.78. The van der Waals surface area contributed by atoms with Crippen LogP contribution in [0.15, 0.2) is 18.2 Å². The average molecular weight is 276 g/mol. The van der Waals surface area contributed by atoms with E-state index in [2.05, 4.69) is 4.90 Å². The summed E-state index contributed by atoms with van der Waals surface area (Å²) in [5.74, 6) is 0.663. The molecule has 1 saturated heterocycles. The Morgan fingerprint density at radius 2 is 1.95 bits per heavy atom. The number of nitrogens with zero attached hydrogens (tertiary/aromatic N) is 1. The number of halogens is 1. The second-order valence-electron chi connectivity index (χ2n) is 6.45. The third-order valence-corrected chi connectivity index (χ3v) is 5.05. The van der Waals surface area contributed by atoms with Crippen LogP contribution in [0.5, 0.6) is 0 Å². The van der Waals surface area contributed by atoms with Crippen molar-refractivity contribution in [1.29, 1.82) is 0 Å². The van der Waals surface area contributed by atoms with Crippen molar-refractivity contribution in [3.05, 3.63) is 29.6 Å². The summed E-state index contributed by atoms with van der Waals surface area (Å²) in [5, 5.41) is 0. The minimum Gasteiger partial charge on any atom is -0.366 e. The van der Waals surface area contributed by atoms with Gasteiger partial charge in [0.2, 0.25) is 0 Å². The molecule has 0 aromatic heterocycles. The van der Waals surface area contributed by atoms with E-state index in [0.717, 1.165) is 23.7 Å². The molecule has 1 aliphatic heterocycles. The SMILES string of the molecule is C[C@H](N)c1ccc(N2CCC[C@H]3CCCC[C@H]32)c(F)c1. The molecule has 0 radical (unpaired) electrons. The van der Waals surface area contributed by atoms with Crippen molar-refractivity contribution < 1.29 is 4.39 Å². The Morgan fingerprint density at radius 1 is 1.20 bits per heavy atom. The summed E-state index contributed by atoms with van der Waals surface area (Å²) in [7, 11) is 0. The van der Waals surface area contributed by atoms with E-state index in [1.165, 1.54) is 38.5 Å². The monoisotopic (exact) mass is 276 g/mol. The topological polar surface area (TPSA) is 29.3 Å². The second kappa shape index (κ2) is 5.72. The van der Waals surface area contributed by atoms with Gasteiger partial charge in [-0.2, -0.15) is 0 Å². The van der Waals surface area contributed by atoms with E-state index in [4.69, 9.17) is 5.73 Å². The Kier molecular flexibility index (Phi) is 3.97. The van der Waals surface area contributed by atoms with Crippen LogP contribution in [0.1, 0.15) is 57.1 Å². The highest BCUT2D eigenvalue weighted by Crippen LogP contribution is 2.38. The third-order valence-electron chi connectivity index (χ3n) is 5.05. The molecule has 110 valence electrons. The van der Waals surface area contributed by atoms with E-state index in [9.17, 15) is 4.39 Å². The molecule has 2 aliphatic rings. The van der Waals surface area contributed by atoms with Gasteiger partial charge in [0.05, 0.1) is 5.69 Å². The number of anilines is 1. The Balaban J connectivity index is 1.87. The molecule has 1 aliphatic carbocycles. The van der Waals surface area contributed by atoms with Crippen LogP contribution in [0.25, 0.3) is 0 Å². The van der Waals surface area contributed by atoms with Crippen molar-refractivity contribution in [3.63, 3.8) is 0 Å². The second-order valence-corrected chi connectivity index (χ2v) is 6.45. The van der Waals surface area contributed by atoms with Gasteiger partial charge in [0.1, 0.15) is 5.82 Å². The number of hydrogen-bond acceptors (Lipinski definition) is 2. The van der Waals surface area contributed by atoms with Gasteiger partial charge in [0.25, 0.3) is 0 Å². The van der Waals surface area contributed by atoms with Gasteiger partial charge in [-0.15, -0.1) is 0 Å². The fourth-order valence-corrected chi connectivity index (χ4v) is 3.96. The first-order valence-corrected chi connectivity index (χ1v) is 7.98. The van der Waals surface area contributed by atoms with Crippen LogP contribution in [-0.4, -0.2) is 12.6 Å². The molecule has 2 N–H and O–H groups in total. The van der Waals surface area contributed by atoms with Crippen molar-refractivity contribution in [2.24, 2.45) is 11.7 Å². The average Bonchev–Trinajstić information content (AvgIpc) is 2.46. The predicted molar refractivity (Wildman–Crippen MR) is 81.3 cm³/mol. The molecule has 20 heavy (non-hydrogen) atoms. The number of nitrogens with two attached hydrogens (primary N) is 1. The highest BCUT2D eigenvalue weighted by Gasteiger charge is 2.34. The normalized spacial score (nSPS) is 28.1. The zero-order valence-corrected chi connectivity index (χ0v) is 12.3. The van der Waals surface area contributed by atoms with E-state index >= 15 is 0 Å². The molecule has 0 bridgehead atoms. The van der Waals surface area contributed by atoms with E-state index in [0.29, 0.717) is 6.04 Å². The summed E-state index contributed by atoms with van der Waals surface area (Å²) in [4.78, 5) is 2.33. The van der Waals surface area contributed by atoms with Crippen LogP contribution in [0.3, 0.4) is 0 Å². The summed E-state index contributed by atoms with van der Waals surface area (Å²) >= 11 is 0. The first-order chi connectivity index (χ1) is 9.66. The minimum absolute atomic E-state index is 0.106. The summed E-state index contributed by atoms with van der Waals surface area (Å²) in [6.45, 7) is 2.89. The molecule has 3 rings (SSSR count). The van der Waals surface area contributed by atoms with Gasteiger partial charge in [-0.25, -0.2) is 4.39 Å². The molecule has 0 unspecified atom stereocenters. The maximum Gasteiger partial charge on any atom is 0.146 e. The van der Waals surface area contributed by atoms with Gasteiger partial charge in [0.15, 0.2) is 0 Å². The zero-order chi connectivity index (χ0) is 14.1. The van der Waals surface area contributed by atoms with E-state index in [1.54, 1.807) is 6.07 Å². The number of rotatable bonds is 2. The molecule has 3 heteroatoms. The quantitative estimate of drug-likeness (QED) is 0.884. The molecule has 0 amide bonds. The van der Waals surface area contributed by atoms with E-state index in [-0.39, 0.29) is 11.9 Å². The number of hydrogen-bond donors (Lipinski definition) is 1. The molecule has 3 atom stereocenters. The zero-order valence-electron chi connectivity index (χ0n) is 12.3. The van der Waals surface area contributed by atoms with Crippen molar-refractivity contribution in [1.82, 2.24) is 0 Å². The lowest BCUT2D eigenvalue weighted by Gasteiger charge is -2.45. The largest absolute Gasteiger partial charge is 0.366 e. The van der Waals surface area contributed by atoms with Crippen LogP contribution in [-0.2, 0) is 0 Å². The van der Waals surface area contributed by atoms with Gasteiger partial charge in [-0.1, -0.05) is 18.9 Å². The van der Waals surface area contributed by atoms with Crippen LogP contribution in [0.4, 0.5) is 10.1 Å². The van der Waals surface area contributed by atoms with Crippen molar-refractivity contribution >= 4 is 5.69 Å². The van der Waals surface area contributed by atoms with E-state index in [1.807, 2.05) is 19.1 Å². The Labute approximate surface area is 121 Å². The van der Waals surface area contributed by atoms with E-state index < -0.39 is 0 Å². The molecular formula is C17H25FN2. The van der Waals surface area contributed by atoms with Crippen molar-refractivity contribution in [3.8, 4) is 0 Å². The first kappa shape index (κ1) is 13.9. The third kappa shape index (κ3) is 2.56. The smallest absolute Gasteiger partial charge is 0.146 e. The summed E-state index contributed by atoms with van der Waals surface area (Å²) in [6, 6.07) is 5.97. The minimum atomic E-state index is -0.109. The fourth-order valence-electron chi connectivity index (χ4n) is 3.96. The van der Waals surface area contributed by atoms with Crippen LogP contribution >= 0.6 is 0 Å². The maximum absolute atomic E-state index is 14.5. The molecule has 1 saturated carbocycles. The molecule has 1 aromatic carbocycles. The molecule has 2 fully saturated rings. The molecule has 1 heterocycles. The van der Waals surface area contributed by atoms with Crippen LogP contribution in [0.2, 0.25) is 0 Å². The number of piperidine rings is 1. The lowest BCUT2D eigenvalue weighted by Crippen LogP contribution is -2.47. The van der Waals surface area contributed by atoms with Gasteiger partial charge in [-0.3, -0.25) is 0 Å². The van der Waals surface area contributed by atoms with Gasteiger partial charge < -0.3 is 10.6 Å². The van der Waals surface area contributed by atoms with Crippen molar-refractivity contribution in [2.45, 2.75) is 57.5 Å². The lowest BCUT2D eigenvalue weighted by molar-refractivity contribution is 0.242. The molecule has 0 spiro atoms. The van der Waals surface area contributed by atoms with Gasteiger partial charge in [-0.05, 0) is 56.2 Å². The summed E-state index contributed by atoms with van der Waals surface area (Å²) in [6.07, 6.45) is 7.69. The molecule has 2 nitrogen and oxygen atoms in total. The van der Waals surface area contributed by atoms with Gasteiger partial charge >= 0.3 is 0 Å². The van der Waals surface area contributed by atoms with Crippen molar-refractivity contribution in [2.75, 3.05) is 11.4 Å². The fraction of sp³-hybridized carbons (Fsp3) is 0.647.